The molecule has 3 heteroatoms. The predicted molar refractivity (Wildman–Crippen MR) is 77.4 cm³/mol. The third-order valence-electron chi connectivity index (χ3n) is 4.04. The van der Waals surface area contributed by atoms with Gasteiger partial charge in [0.1, 0.15) is 0 Å². The minimum atomic E-state index is 0.338. The van der Waals surface area contributed by atoms with Gasteiger partial charge in [-0.1, -0.05) is 13.0 Å². The van der Waals surface area contributed by atoms with E-state index in [0.717, 1.165) is 13.0 Å². The molecule has 1 saturated heterocycles. The van der Waals surface area contributed by atoms with Gasteiger partial charge in [0.05, 0.1) is 5.69 Å². The van der Waals surface area contributed by atoms with Gasteiger partial charge >= 0.3 is 0 Å². The Labute approximate surface area is 112 Å². The minimum absolute atomic E-state index is 0.338. The van der Waals surface area contributed by atoms with Gasteiger partial charge < -0.3 is 10.6 Å². The van der Waals surface area contributed by atoms with Crippen molar-refractivity contribution in [1.29, 1.82) is 0 Å². The van der Waals surface area contributed by atoms with Crippen LogP contribution in [0.2, 0.25) is 0 Å². The molecule has 0 amide bonds. The lowest BCUT2D eigenvalue weighted by Crippen LogP contribution is -2.52. The van der Waals surface area contributed by atoms with Gasteiger partial charge in [-0.05, 0) is 59.8 Å². The topological polar surface area (TPSA) is 29.3 Å². The molecular formula is C14H21BrN2. The number of hydrogen-bond acceptors (Lipinski definition) is 2. The van der Waals surface area contributed by atoms with E-state index in [0.29, 0.717) is 18.0 Å². The van der Waals surface area contributed by atoms with E-state index in [1.807, 2.05) is 0 Å². The van der Waals surface area contributed by atoms with Crippen LogP contribution in [0.25, 0.3) is 0 Å². The Morgan fingerprint density at radius 3 is 2.76 bits per heavy atom. The minimum Gasteiger partial charge on any atom is -0.368 e. The second kappa shape index (κ2) is 4.99. The molecule has 0 bridgehead atoms. The molecule has 17 heavy (non-hydrogen) atoms. The van der Waals surface area contributed by atoms with Crippen LogP contribution in [-0.2, 0) is 0 Å². The third kappa shape index (κ3) is 2.50. The molecule has 1 fully saturated rings. The summed E-state index contributed by atoms with van der Waals surface area (Å²) in [6.45, 7) is 7.72. The van der Waals surface area contributed by atoms with Gasteiger partial charge in [-0.3, -0.25) is 0 Å². The van der Waals surface area contributed by atoms with Gasteiger partial charge in [-0.15, -0.1) is 0 Å². The summed E-state index contributed by atoms with van der Waals surface area (Å²) in [6, 6.07) is 7.36. The number of nitrogens with zero attached hydrogens (tertiary/aromatic N) is 1. The number of hydrogen-bond donors (Lipinski definition) is 1. The predicted octanol–water partition coefficient (Wildman–Crippen LogP) is 3.32. The van der Waals surface area contributed by atoms with Gasteiger partial charge in [0.15, 0.2) is 0 Å². The first kappa shape index (κ1) is 12.9. The Hall–Kier alpha value is -0.540. The van der Waals surface area contributed by atoms with Crippen molar-refractivity contribution in [1.82, 2.24) is 0 Å². The molecule has 2 rings (SSSR count). The van der Waals surface area contributed by atoms with E-state index < -0.39 is 0 Å². The molecule has 94 valence electrons. The summed E-state index contributed by atoms with van der Waals surface area (Å²) in [7, 11) is 0. The van der Waals surface area contributed by atoms with Crippen LogP contribution in [0.15, 0.2) is 22.7 Å². The van der Waals surface area contributed by atoms with E-state index >= 15 is 0 Å². The fraction of sp³-hybridized carbons (Fsp3) is 0.571. The molecule has 0 aliphatic carbocycles. The standard InChI is InChI=1S/C14H21BrN2/c1-9-4-5-12(15)14(8-9)17-7-6-13(16)10(2)11(17)3/h4-5,8,10-11,13H,6-7,16H2,1-3H3. The number of halogens is 1. The summed E-state index contributed by atoms with van der Waals surface area (Å²) in [5.41, 5.74) is 8.74. The Balaban J connectivity index is 2.30. The SMILES string of the molecule is Cc1ccc(Br)c(N2CCC(N)C(C)C2C)c1. The second-order valence-corrected chi connectivity index (χ2v) is 6.05. The summed E-state index contributed by atoms with van der Waals surface area (Å²) in [6.07, 6.45) is 1.08. The highest BCUT2D eigenvalue weighted by atomic mass is 79.9. The van der Waals surface area contributed by atoms with Crippen LogP contribution < -0.4 is 10.6 Å². The van der Waals surface area contributed by atoms with Crippen molar-refractivity contribution in [2.24, 2.45) is 11.7 Å². The van der Waals surface area contributed by atoms with Crippen molar-refractivity contribution in [2.75, 3.05) is 11.4 Å². The quantitative estimate of drug-likeness (QED) is 0.861. The van der Waals surface area contributed by atoms with Crippen LogP contribution in [0.4, 0.5) is 5.69 Å². The molecule has 0 aromatic heterocycles. The maximum absolute atomic E-state index is 6.14. The molecule has 0 radical (unpaired) electrons. The Morgan fingerprint density at radius 1 is 1.35 bits per heavy atom. The zero-order valence-corrected chi connectivity index (χ0v) is 12.4. The molecule has 1 aliphatic heterocycles. The van der Waals surface area contributed by atoms with Crippen LogP contribution in [-0.4, -0.2) is 18.6 Å². The smallest absolute Gasteiger partial charge is 0.0515 e. The monoisotopic (exact) mass is 296 g/mol. The van der Waals surface area contributed by atoms with Crippen molar-refractivity contribution in [3.05, 3.63) is 28.2 Å². The largest absolute Gasteiger partial charge is 0.368 e. The first-order chi connectivity index (χ1) is 8.00. The summed E-state index contributed by atoms with van der Waals surface area (Å²) in [5, 5.41) is 0. The third-order valence-corrected chi connectivity index (χ3v) is 4.71. The number of anilines is 1. The molecule has 2 N–H and O–H groups in total. The number of rotatable bonds is 1. The van der Waals surface area contributed by atoms with E-state index in [1.54, 1.807) is 0 Å². The van der Waals surface area contributed by atoms with Gasteiger partial charge in [0.2, 0.25) is 0 Å². The second-order valence-electron chi connectivity index (χ2n) is 5.20. The lowest BCUT2D eigenvalue weighted by atomic mass is 9.87. The highest BCUT2D eigenvalue weighted by Gasteiger charge is 2.31. The fourth-order valence-electron chi connectivity index (χ4n) is 2.58. The van der Waals surface area contributed by atoms with Crippen molar-refractivity contribution >= 4 is 21.6 Å². The number of aryl methyl sites for hydroxylation is 1. The van der Waals surface area contributed by atoms with Crippen LogP contribution >= 0.6 is 15.9 Å². The maximum Gasteiger partial charge on any atom is 0.0515 e. The number of nitrogens with two attached hydrogens (primary N) is 1. The van der Waals surface area contributed by atoms with Gasteiger partial charge in [0, 0.05) is 23.1 Å². The van der Waals surface area contributed by atoms with Crippen molar-refractivity contribution < 1.29 is 0 Å². The van der Waals surface area contributed by atoms with Crippen LogP contribution in [0.5, 0.6) is 0 Å². The van der Waals surface area contributed by atoms with E-state index in [9.17, 15) is 0 Å². The molecule has 3 unspecified atom stereocenters. The maximum atomic E-state index is 6.14. The average molecular weight is 297 g/mol. The molecule has 1 aromatic carbocycles. The van der Waals surface area contributed by atoms with Crippen molar-refractivity contribution in [3.63, 3.8) is 0 Å². The lowest BCUT2D eigenvalue weighted by Gasteiger charge is -2.43. The number of benzene rings is 1. The van der Waals surface area contributed by atoms with Crippen LogP contribution in [0, 0.1) is 12.8 Å². The zero-order chi connectivity index (χ0) is 12.6. The molecule has 3 atom stereocenters. The first-order valence-corrected chi connectivity index (χ1v) is 7.08. The van der Waals surface area contributed by atoms with Gasteiger partial charge in [-0.2, -0.15) is 0 Å². The van der Waals surface area contributed by atoms with E-state index in [-0.39, 0.29) is 0 Å². The molecule has 1 aromatic rings. The van der Waals surface area contributed by atoms with Crippen molar-refractivity contribution in [2.45, 2.75) is 39.3 Å². The normalized spacial score (nSPS) is 29.5. The molecule has 0 spiro atoms. The fourth-order valence-corrected chi connectivity index (χ4v) is 3.05. The van der Waals surface area contributed by atoms with E-state index in [4.69, 9.17) is 5.73 Å². The summed E-state index contributed by atoms with van der Waals surface area (Å²) in [4.78, 5) is 2.48. The highest BCUT2D eigenvalue weighted by Crippen LogP contribution is 2.33. The molecule has 1 aliphatic rings. The van der Waals surface area contributed by atoms with Crippen LogP contribution in [0.1, 0.15) is 25.8 Å². The molecule has 0 saturated carbocycles. The Bertz CT molecular complexity index is 405. The van der Waals surface area contributed by atoms with E-state index in [1.165, 1.54) is 15.7 Å². The summed E-state index contributed by atoms with van der Waals surface area (Å²) in [5.74, 6) is 0.538. The summed E-state index contributed by atoms with van der Waals surface area (Å²) < 4.78 is 1.18. The highest BCUT2D eigenvalue weighted by molar-refractivity contribution is 9.10. The van der Waals surface area contributed by atoms with Crippen LogP contribution in [0.3, 0.4) is 0 Å². The Morgan fingerprint density at radius 2 is 2.06 bits per heavy atom. The van der Waals surface area contributed by atoms with Gasteiger partial charge in [0.25, 0.3) is 0 Å². The average Bonchev–Trinajstić information content (AvgIpc) is 2.30. The van der Waals surface area contributed by atoms with Crippen molar-refractivity contribution in [3.8, 4) is 0 Å². The molecule has 1 heterocycles. The zero-order valence-electron chi connectivity index (χ0n) is 10.8. The molecule has 2 nitrogen and oxygen atoms in total. The number of piperidine rings is 1. The lowest BCUT2D eigenvalue weighted by molar-refractivity contribution is 0.315. The first-order valence-electron chi connectivity index (χ1n) is 6.29. The Kier molecular flexibility index (Phi) is 3.79. The summed E-state index contributed by atoms with van der Waals surface area (Å²) >= 11 is 3.66. The molecular weight excluding hydrogens is 276 g/mol. The van der Waals surface area contributed by atoms with Gasteiger partial charge in [-0.25, -0.2) is 0 Å². The van der Waals surface area contributed by atoms with E-state index in [2.05, 4.69) is 59.8 Å².